The number of rotatable bonds is 3. The molecular weight excluding hydrogens is 262 g/mol. The lowest BCUT2D eigenvalue weighted by atomic mass is 10.1. The number of carboxylic acids is 1. The lowest BCUT2D eigenvalue weighted by Gasteiger charge is -2.07. The Bertz CT molecular complexity index is 782. The third-order valence-corrected chi connectivity index (χ3v) is 3.80. The zero-order valence-electron chi connectivity index (χ0n) is 10.2. The molecule has 0 saturated heterocycles. The molecule has 0 amide bonds. The number of carbonyl (C=O) groups excluding carboxylic acids is 1. The van der Waals surface area contributed by atoms with Crippen molar-refractivity contribution >= 4 is 34.3 Å². The minimum atomic E-state index is -1.11. The third kappa shape index (κ3) is 2.04. The molecule has 5 nitrogen and oxygen atoms in total. The van der Waals surface area contributed by atoms with Crippen LogP contribution >= 0.6 is 11.8 Å². The molecule has 19 heavy (non-hydrogen) atoms. The first-order chi connectivity index (χ1) is 9.16. The van der Waals surface area contributed by atoms with Gasteiger partial charge in [0.15, 0.2) is 10.8 Å². The zero-order chi connectivity index (χ0) is 13.4. The van der Waals surface area contributed by atoms with Crippen molar-refractivity contribution in [3.63, 3.8) is 0 Å². The molecule has 0 unspecified atom stereocenters. The van der Waals surface area contributed by atoms with Gasteiger partial charge < -0.3 is 9.90 Å². The standard InChI is InChI=1S/C13H11N3O2S/c1-8-6-11-14-15-13(19-7-12(17)18)16(11)10-5-3-2-4-9(8)10/h2-6H,7H2,1H3,(H,17,18)/p-1. The first-order valence-corrected chi connectivity index (χ1v) is 6.71. The van der Waals surface area contributed by atoms with E-state index >= 15 is 0 Å². The van der Waals surface area contributed by atoms with Crippen molar-refractivity contribution in [2.45, 2.75) is 12.1 Å². The Balaban J connectivity index is 2.25. The van der Waals surface area contributed by atoms with Gasteiger partial charge in [0.2, 0.25) is 0 Å². The molecule has 3 rings (SSSR count). The van der Waals surface area contributed by atoms with Crippen molar-refractivity contribution < 1.29 is 9.90 Å². The van der Waals surface area contributed by atoms with Crippen molar-refractivity contribution in [1.82, 2.24) is 14.6 Å². The summed E-state index contributed by atoms with van der Waals surface area (Å²) in [5.41, 5.74) is 2.81. The van der Waals surface area contributed by atoms with Crippen LogP contribution in [0.1, 0.15) is 5.56 Å². The molecule has 0 spiro atoms. The van der Waals surface area contributed by atoms with Gasteiger partial charge in [0.05, 0.1) is 11.5 Å². The molecule has 0 aliphatic heterocycles. The molecule has 0 aliphatic carbocycles. The molecule has 96 valence electrons. The Morgan fingerprint density at radius 1 is 1.37 bits per heavy atom. The van der Waals surface area contributed by atoms with Gasteiger partial charge in [-0.25, -0.2) is 0 Å². The average Bonchev–Trinajstić information content (AvgIpc) is 2.80. The Morgan fingerprint density at radius 2 is 2.16 bits per heavy atom. The van der Waals surface area contributed by atoms with Crippen LogP contribution in [0, 0.1) is 6.92 Å². The quantitative estimate of drug-likeness (QED) is 0.666. The second-order valence-electron chi connectivity index (χ2n) is 4.18. The molecule has 2 heterocycles. The molecule has 0 bridgehead atoms. The highest BCUT2D eigenvalue weighted by molar-refractivity contribution is 7.99. The molecule has 0 fully saturated rings. The summed E-state index contributed by atoms with van der Waals surface area (Å²) >= 11 is 1.11. The number of pyridine rings is 1. The highest BCUT2D eigenvalue weighted by atomic mass is 32.2. The number of fused-ring (bicyclic) bond motifs is 3. The molecule has 0 radical (unpaired) electrons. The average molecular weight is 272 g/mol. The summed E-state index contributed by atoms with van der Waals surface area (Å²) in [5, 5.41) is 20.4. The summed E-state index contributed by atoms with van der Waals surface area (Å²) in [6, 6.07) is 9.85. The van der Waals surface area contributed by atoms with Crippen LogP contribution in [-0.2, 0) is 4.79 Å². The van der Waals surface area contributed by atoms with E-state index in [0.717, 1.165) is 33.9 Å². The predicted octanol–water partition coefficient (Wildman–Crippen LogP) is 1.03. The number of aromatic nitrogens is 3. The maximum Gasteiger partial charge on any atom is 0.196 e. The Labute approximate surface area is 113 Å². The van der Waals surface area contributed by atoms with Crippen LogP contribution in [0.3, 0.4) is 0 Å². The van der Waals surface area contributed by atoms with Gasteiger partial charge in [0, 0.05) is 11.1 Å². The number of benzene rings is 1. The van der Waals surface area contributed by atoms with E-state index in [4.69, 9.17) is 0 Å². The summed E-state index contributed by atoms with van der Waals surface area (Å²) in [6.07, 6.45) is 0. The first kappa shape index (κ1) is 12.0. The van der Waals surface area contributed by atoms with Crippen LogP contribution in [0.15, 0.2) is 35.5 Å². The second-order valence-corrected chi connectivity index (χ2v) is 5.12. The fourth-order valence-corrected chi connectivity index (χ4v) is 2.76. The van der Waals surface area contributed by atoms with E-state index in [1.807, 2.05) is 41.7 Å². The molecule has 3 aromatic rings. The maximum absolute atomic E-state index is 10.6. The minimum Gasteiger partial charge on any atom is -0.549 e. The Hall–Kier alpha value is -2.08. The Morgan fingerprint density at radius 3 is 2.95 bits per heavy atom. The van der Waals surface area contributed by atoms with Crippen LogP contribution < -0.4 is 5.11 Å². The first-order valence-electron chi connectivity index (χ1n) is 5.73. The summed E-state index contributed by atoms with van der Waals surface area (Å²) in [7, 11) is 0. The molecule has 0 atom stereocenters. The van der Waals surface area contributed by atoms with E-state index in [1.54, 1.807) is 0 Å². The lowest BCUT2D eigenvalue weighted by Crippen LogP contribution is -2.24. The van der Waals surface area contributed by atoms with Crippen molar-refractivity contribution in [1.29, 1.82) is 0 Å². The van der Waals surface area contributed by atoms with Gasteiger partial charge >= 0.3 is 0 Å². The molecule has 0 saturated carbocycles. The molecule has 1 aromatic carbocycles. The topological polar surface area (TPSA) is 70.3 Å². The van der Waals surface area contributed by atoms with Gasteiger partial charge in [-0.2, -0.15) is 0 Å². The van der Waals surface area contributed by atoms with E-state index in [-0.39, 0.29) is 5.75 Å². The second kappa shape index (κ2) is 4.55. The largest absolute Gasteiger partial charge is 0.549 e. The number of carboxylic acid groups (broad SMARTS) is 1. The van der Waals surface area contributed by atoms with Crippen LogP contribution in [0.4, 0.5) is 0 Å². The third-order valence-electron chi connectivity index (χ3n) is 2.89. The number of aliphatic carboxylic acids is 1. The number of aryl methyl sites for hydroxylation is 1. The molecule has 6 heteroatoms. The highest BCUT2D eigenvalue weighted by Crippen LogP contribution is 2.25. The summed E-state index contributed by atoms with van der Waals surface area (Å²) in [6.45, 7) is 2.02. The fourth-order valence-electron chi connectivity index (χ4n) is 2.09. The monoisotopic (exact) mass is 272 g/mol. The van der Waals surface area contributed by atoms with Gasteiger partial charge in [-0.15, -0.1) is 10.2 Å². The van der Waals surface area contributed by atoms with E-state index in [9.17, 15) is 9.90 Å². The van der Waals surface area contributed by atoms with Gasteiger partial charge in [0.25, 0.3) is 0 Å². The van der Waals surface area contributed by atoms with Gasteiger partial charge in [-0.1, -0.05) is 30.0 Å². The van der Waals surface area contributed by atoms with E-state index < -0.39 is 5.97 Å². The molecular formula is C13H10N3O2S-. The highest BCUT2D eigenvalue weighted by Gasteiger charge is 2.10. The number of para-hydroxylation sites is 1. The van der Waals surface area contributed by atoms with E-state index in [0.29, 0.717) is 5.16 Å². The smallest absolute Gasteiger partial charge is 0.196 e. The molecule has 0 aliphatic rings. The number of carbonyl (C=O) groups is 1. The van der Waals surface area contributed by atoms with Crippen molar-refractivity contribution in [2.75, 3.05) is 5.75 Å². The normalized spacial score (nSPS) is 11.2. The van der Waals surface area contributed by atoms with Crippen LogP contribution in [0.25, 0.3) is 16.6 Å². The zero-order valence-corrected chi connectivity index (χ0v) is 11.0. The lowest BCUT2D eigenvalue weighted by molar-refractivity contribution is -0.301. The molecule has 0 N–H and O–H groups in total. The van der Waals surface area contributed by atoms with Crippen LogP contribution in [0.2, 0.25) is 0 Å². The van der Waals surface area contributed by atoms with Crippen molar-refractivity contribution in [2.24, 2.45) is 0 Å². The van der Waals surface area contributed by atoms with Gasteiger partial charge in [-0.05, 0) is 24.6 Å². The number of thioether (sulfide) groups is 1. The van der Waals surface area contributed by atoms with Crippen molar-refractivity contribution in [3.8, 4) is 0 Å². The maximum atomic E-state index is 10.6. The van der Waals surface area contributed by atoms with Crippen LogP contribution in [0.5, 0.6) is 0 Å². The number of nitrogens with zero attached hydrogens (tertiary/aromatic N) is 3. The fraction of sp³-hybridized carbons (Fsp3) is 0.154. The van der Waals surface area contributed by atoms with E-state index in [1.165, 1.54) is 0 Å². The number of hydrogen-bond acceptors (Lipinski definition) is 5. The Kier molecular flexibility index (Phi) is 2.87. The minimum absolute atomic E-state index is 0.136. The predicted molar refractivity (Wildman–Crippen MR) is 71.0 cm³/mol. The van der Waals surface area contributed by atoms with E-state index in [2.05, 4.69) is 10.2 Å². The van der Waals surface area contributed by atoms with Gasteiger partial charge in [-0.3, -0.25) is 4.40 Å². The van der Waals surface area contributed by atoms with Crippen molar-refractivity contribution in [3.05, 3.63) is 35.9 Å². The summed E-state index contributed by atoms with van der Waals surface area (Å²) < 4.78 is 1.87. The summed E-state index contributed by atoms with van der Waals surface area (Å²) in [5.74, 6) is -1.25. The molecule has 2 aromatic heterocycles. The summed E-state index contributed by atoms with van der Waals surface area (Å²) in [4.78, 5) is 10.6. The van der Waals surface area contributed by atoms with Crippen LogP contribution in [-0.4, -0.2) is 26.3 Å². The SMILES string of the molecule is Cc1cc2nnc(SCC(=O)[O-])n2c2ccccc12. The van der Waals surface area contributed by atoms with Gasteiger partial charge in [0.1, 0.15) is 0 Å². The number of hydrogen-bond donors (Lipinski definition) is 0.